The number of halogens is 1. The van der Waals surface area contributed by atoms with Crippen molar-refractivity contribution in [1.82, 2.24) is 10.3 Å². The number of carbonyl (C=O) groups is 3. The van der Waals surface area contributed by atoms with Crippen LogP contribution < -0.4 is 21.2 Å². The van der Waals surface area contributed by atoms with Crippen LogP contribution in [0.5, 0.6) is 5.75 Å². The third kappa shape index (κ3) is 9.52. The Morgan fingerprint density at radius 1 is 1.02 bits per heavy atom. The second-order valence-electron chi connectivity index (χ2n) is 8.85. The summed E-state index contributed by atoms with van der Waals surface area (Å²) in [6, 6.07) is 18.0. The zero-order valence-corrected chi connectivity index (χ0v) is 26.6. The van der Waals surface area contributed by atoms with Crippen molar-refractivity contribution in [1.29, 1.82) is 0 Å². The molecule has 0 fully saturated rings. The van der Waals surface area contributed by atoms with E-state index in [0.717, 1.165) is 27.2 Å². The molecule has 0 bridgehead atoms. The maximum atomic E-state index is 12.8. The molecule has 0 atom stereocenters. The first-order chi connectivity index (χ1) is 20.1. The van der Waals surface area contributed by atoms with Gasteiger partial charge in [-0.05, 0) is 95.1 Å². The number of esters is 1. The molecule has 4 rings (SSSR count). The van der Waals surface area contributed by atoms with Crippen LogP contribution in [0.25, 0.3) is 0 Å². The first-order valence-electron chi connectivity index (χ1n) is 12.3. The highest BCUT2D eigenvalue weighted by Crippen LogP contribution is 2.32. The van der Waals surface area contributed by atoms with Crippen molar-refractivity contribution in [3.63, 3.8) is 0 Å². The Morgan fingerprint density at radius 2 is 1.76 bits per heavy atom. The number of rotatable bonds is 9. The van der Waals surface area contributed by atoms with Gasteiger partial charge in [0.05, 0.1) is 35.3 Å². The van der Waals surface area contributed by atoms with Crippen molar-refractivity contribution < 1.29 is 23.9 Å². The summed E-state index contributed by atoms with van der Waals surface area (Å²) in [6.45, 7) is 0.728. The van der Waals surface area contributed by atoms with Gasteiger partial charge in [0.2, 0.25) is 0 Å². The van der Waals surface area contributed by atoms with Crippen molar-refractivity contribution in [2.24, 2.45) is 5.10 Å². The smallest absolute Gasteiger partial charge is 0.340 e. The fraction of sp³-hybridized carbons (Fsp3) is 0.172. The molecule has 220 valence electrons. The van der Waals surface area contributed by atoms with Crippen LogP contribution in [0, 0.1) is 0 Å². The van der Waals surface area contributed by atoms with Crippen molar-refractivity contribution >= 4 is 72.6 Å². The minimum atomic E-state index is -0.423. The molecule has 0 aliphatic heterocycles. The van der Waals surface area contributed by atoms with Crippen LogP contribution in [-0.2, 0) is 11.3 Å². The van der Waals surface area contributed by atoms with Crippen molar-refractivity contribution in [2.45, 2.75) is 6.54 Å². The van der Waals surface area contributed by atoms with Gasteiger partial charge in [0.1, 0.15) is 15.8 Å². The van der Waals surface area contributed by atoms with Crippen LogP contribution in [0.3, 0.4) is 0 Å². The number of nitrogens with zero attached hydrogens (tertiary/aromatic N) is 2. The summed E-state index contributed by atoms with van der Waals surface area (Å²) >= 11 is 5.98. The lowest BCUT2D eigenvalue weighted by Crippen LogP contribution is -2.20. The molecule has 0 radical (unpaired) electrons. The second kappa shape index (κ2) is 15.8. The topological polar surface area (TPSA) is 135 Å². The molecule has 0 spiro atoms. The molecule has 4 aromatic rings. The van der Waals surface area contributed by atoms with Gasteiger partial charge in [0, 0.05) is 12.1 Å². The summed E-state index contributed by atoms with van der Waals surface area (Å²) in [5.74, 6) is -0.343. The summed E-state index contributed by atoms with van der Waals surface area (Å²) < 4.78 is 10.3. The summed E-state index contributed by atoms with van der Waals surface area (Å²) in [5.41, 5.74) is 11.1. The standard InChI is InChI=1S/C23H23BrN4O3S.C6H7NO2S/c1-28(2)14-16-5-4-6-17(11-16)21(29)26-23-19(12-20(24)32-23)22(30)27-25-13-15-7-9-18(31-3)10-8-15;1-9-6(8)4-2-3-10-5(4)7/h4-13H,14H2,1-3H3,(H,26,29)(H,27,30);2-3H,7H2,1H3. The van der Waals surface area contributed by atoms with Crippen LogP contribution in [0.2, 0.25) is 0 Å². The Labute approximate surface area is 260 Å². The number of nitrogen functional groups attached to an aromatic ring is 1. The number of methoxy groups -OCH3 is 2. The van der Waals surface area contributed by atoms with E-state index in [4.69, 9.17) is 10.5 Å². The lowest BCUT2D eigenvalue weighted by Gasteiger charge is -2.11. The van der Waals surface area contributed by atoms with E-state index in [1.807, 2.05) is 49.3 Å². The zero-order chi connectivity index (χ0) is 30.6. The Kier molecular flexibility index (Phi) is 12.2. The number of hydrogen-bond donors (Lipinski definition) is 3. The molecule has 10 nitrogen and oxygen atoms in total. The Morgan fingerprint density at radius 3 is 2.38 bits per heavy atom. The summed E-state index contributed by atoms with van der Waals surface area (Å²) in [4.78, 5) is 38.3. The lowest BCUT2D eigenvalue weighted by molar-refractivity contribution is 0.0602. The molecule has 2 amide bonds. The van der Waals surface area contributed by atoms with Crippen LogP contribution in [-0.4, -0.2) is 57.2 Å². The summed E-state index contributed by atoms with van der Waals surface area (Å²) in [6.07, 6.45) is 1.53. The molecule has 0 aliphatic carbocycles. The van der Waals surface area contributed by atoms with Gasteiger partial charge in [0.25, 0.3) is 11.8 Å². The maximum absolute atomic E-state index is 12.8. The first kappa shape index (κ1) is 32.5. The van der Waals surface area contributed by atoms with E-state index in [1.54, 1.807) is 42.8 Å². The number of nitrogens with two attached hydrogens (primary N) is 1. The average Bonchev–Trinajstić information content (AvgIpc) is 3.57. The van der Waals surface area contributed by atoms with Gasteiger partial charge in [-0.1, -0.05) is 12.1 Å². The number of ether oxygens (including phenoxy) is 2. The molecule has 2 heterocycles. The number of carbonyl (C=O) groups excluding carboxylic acids is 3. The molecular formula is C29H30BrN5O5S2. The number of thiophene rings is 2. The Hall–Kier alpha value is -4.04. The number of amides is 2. The van der Waals surface area contributed by atoms with E-state index in [0.29, 0.717) is 26.7 Å². The van der Waals surface area contributed by atoms with Crippen LogP contribution in [0.1, 0.15) is 42.2 Å². The van der Waals surface area contributed by atoms with Gasteiger partial charge in [-0.2, -0.15) is 5.10 Å². The minimum absolute atomic E-state index is 0.282. The van der Waals surface area contributed by atoms with E-state index in [9.17, 15) is 14.4 Å². The van der Waals surface area contributed by atoms with E-state index < -0.39 is 5.91 Å². The quantitative estimate of drug-likeness (QED) is 0.118. The minimum Gasteiger partial charge on any atom is -0.497 e. The van der Waals surface area contributed by atoms with Gasteiger partial charge < -0.3 is 25.4 Å². The van der Waals surface area contributed by atoms with Crippen LogP contribution >= 0.6 is 38.6 Å². The predicted molar refractivity (Wildman–Crippen MR) is 172 cm³/mol. The van der Waals surface area contributed by atoms with Gasteiger partial charge in [-0.3, -0.25) is 9.59 Å². The highest BCUT2D eigenvalue weighted by molar-refractivity contribution is 9.11. The molecule has 13 heteroatoms. The van der Waals surface area contributed by atoms with E-state index in [1.165, 1.54) is 36.0 Å². The first-order valence-corrected chi connectivity index (χ1v) is 14.8. The number of hydrogen-bond acceptors (Lipinski definition) is 10. The number of hydrazone groups is 1. The van der Waals surface area contributed by atoms with Gasteiger partial charge in [-0.25, -0.2) is 10.2 Å². The highest BCUT2D eigenvalue weighted by atomic mass is 79.9. The normalized spacial score (nSPS) is 10.6. The van der Waals surface area contributed by atoms with Crippen LogP contribution in [0.15, 0.2) is 74.9 Å². The van der Waals surface area contributed by atoms with Crippen LogP contribution in [0.4, 0.5) is 10.0 Å². The molecule has 42 heavy (non-hydrogen) atoms. The average molecular weight is 673 g/mol. The third-order valence-corrected chi connectivity index (χ3v) is 7.76. The predicted octanol–water partition coefficient (Wildman–Crippen LogP) is 5.71. The molecular weight excluding hydrogens is 642 g/mol. The third-order valence-electron chi connectivity index (χ3n) is 5.46. The van der Waals surface area contributed by atoms with E-state index in [-0.39, 0.29) is 11.9 Å². The largest absolute Gasteiger partial charge is 0.497 e. The molecule has 0 unspecified atom stereocenters. The molecule has 0 saturated heterocycles. The fourth-order valence-electron chi connectivity index (χ4n) is 3.49. The maximum Gasteiger partial charge on any atom is 0.340 e. The van der Waals surface area contributed by atoms with E-state index in [2.05, 4.69) is 36.5 Å². The molecule has 0 aliphatic rings. The molecule has 2 aromatic carbocycles. The second-order valence-corrected chi connectivity index (χ2v) is 12.2. The van der Waals surface area contributed by atoms with Gasteiger partial charge >= 0.3 is 5.97 Å². The molecule has 0 saturated carbocycles. The van der Waals surface area contributed by atoms with Gasteiger partial charge in [-0.15, -0.1) is 22.7 Å². The fourth-order valence-corrected chi connectivity index (χ4v) is 5.61. The summed E-state index contributed by atoms with van der Waals surface area (Å²) in [5, 5.41) is 9.55. The SMILES string of the molecule is COC(=O)c1ccsc1N.COc1ccc(C=NNC(=O)c2cc(Br)sc2NC(=O)c2cccc(CN(C)C)c2)cc1. The number of nitrogens with one attached hydrogen (secondary N) is 2. The number of anilines is 2. The molecule has 4 N–H and O–H groups in total. The zero-order valence-electron chi connectivity index (χ0n) is 23.3. The highest BCUT2D eigenvalue weighted by Gasteiger charge is 2.18. The Balaban J connectivity index is 0.000000408. The van der Waals surface area contributed by atoms with Crippen molar-refractivity contribution in [3.05, 3.63) is 97.6 Å². The number of benzene rings is 2. The lowest BCUT2D eigenvalue weighted by atomic mass is 10.1. The van der Waals surface area contributed by atoms with Crippen molar-refractivity contribution in [3.8, 4) is 5.75 Å². The Bertz CT molecular complexity index is 1550. The van der Waals surface area contributed by atoms with Gasteiger partial charge in [0.15, 0.2) is 0 Å². The van der Waals surface area contributed by atoms with E-state index >= 15 is 0 Å². The monoisotopic (exact) mass is 671 g/mol. The molecule has 2 aromatic heterocycles. The summed E-state index contributed by atoms with van der Waals surface area (Å²) in [7, 11) is 6.87. The van der Waals surface area contributed by atoms with Crippen molar-refractivity contribution in [2.75, 3.05) is 39.4 Å².